The summed E-state index contributed by atoms with van der Waals surface area (Å²) in [5, 5.41) is 0.935. The second kappa shape index (κ2) is 8.30. The van der Waals surface area contributed by atoms with Crippen LogP contribution in [0.15, 0.2) is 75.8 Å². The topological polar surface area (TPSA) is 80.3 Å². The van der Waals surface area contributed by atoms with E-state index in [2.05, 4.69) is 4.72 Å². The summed E-state index contributed by atoms with van der Waals surface area (Å²) in [5.41, 5.74) is 0. The summed E-state index contributed by atoms with van der Waals surface area (Å²) in [4.78, 5) is 0.363. The van der Waals surface area contributed by atoms with Gasteiger partial charge in [-0.1, -0.05) is 17.7 Å². The fourth-order valence-corrected chi connectivity index (χ4v) is 6.57. The van der Waals surface area contributed by atoms with Crippen LogP contribution >= 0.6 is 22.9 Å². The molecule has 0 saturated heterocycles. The molecule has 0 aliphatic carbocycles. The normalized spacial score (nSPS) is 13.4. The zero-order valence-electron chi connectivity index (χ0n) is 14.2. The van der Waals surface area contributed by atoms with E-state index in [-0.39, 0.29) is 16.3 Å². The van der Waals surface area contributed by atoms with E-state index < -0.39 is 30.9 Å². The SMILES string of the molecule is O=S(=O)(NCC(c1cccs1)S(=O)(=O)c1ccc(F)cc1)c1ccc(Cl)cc1. The molecule has 0 aliphatic rings. The number of sulfonamides is 1. The van der Waals surface area contributed by atoms with Crippen molar-refractivity contribution in [2.75, 3.05) is 6.54 Å². The van der Waals surface area contributed by atoms with Crippen molar-refractivity contribution >= 4 is 42.8 Å². The Morgan fingerprint density at radius 1 is 0.929 bits per heavy atom. The standard InChI is InChI=1S/C18H15ClFNO4S3/c19-13-3-7-16(8-4-13)28(24,25)21-12-18(17-2-1-11-26-17)27(22,23)15-9-5-14(20)6-10-15/h1-11,18,21H,12H2. The second-order valence-corrected chi connectivity index (χ2v) is 11.1. The molecule has 10 heteroatoms. The summed E-state index contributed by atoms with van der Waals surface area (Å²) in [6.45, 7) is -0.370. The number of sulfone groups is 1. The largest absolute Gasteiger partial charge is 0.240 e. The molecule has 3 aromatic rings. The van der Waals surface area contributed by atoms with Crippen LogP contribution in [0.4, 0.5) is 4.39 Å². The van der Waals surface area contributed by atoms with Crippen molar-refractivity contribution in [1.29, 1.82) is 0 Å². The molecule has 148 valence electrons. The van der Waals surface area contributed by atoms with Crippen LogP contribution in [0.1, 0.15) is 10.1 Å². The van der Waals surface area contributed by atoms with E-state index in [1.54, 1.807) is 17.5 Å². The van der Waals surface area contributed by atoms with Crippen LogP contribution in [-0.4, -0.2) is 23.4 Å². The molecule has 3 rings (SSSR count). The molecule has 0 radical (unpaired) electrons. The average Bonchev–Trinajstić information content (AvgIpc) is 3.16. The second-order valence-electron chi connectivity index (χ2n) is 5.81. The third-order valence-corrected chi connectivity index (χ3v) is 8.89. The molecule has 0 fully saturated rings. The van der Waals surface area contributed by atoms with E-state index in [1.165, 1.54) is 47.7 Å². The minimum absolute atomic E-state index is 0.0268. The van der Waals surface area contributed by atoms with E-state index in [0.717, 1.165) is 12.1 Å². The predicted molar refractivity (Wildman–Crippen MR) is 107 cm³/mol. The molecule has 0 spiro atoms. The summed E-state index contributed by atoms with van der Waals surface area (Å²) < 4.78 is 66.7. The van der Waals surface area contributed by atoms with Crippen LogP contribution in [-0.2, 0) is 19.9 Å². The minimum Gasteiger partial charge on any atom is -0.223 e. The Balaban J connectivity index is 1.91. The molecule has 28 heavy (non-hydrogen) atoms. The lowest BCUT2D eigenvalue weighted by Gasteiger charge is -2.17. The lowest BCUT2D eigenvalue weighted by atomic mass is 10.3. The van der Waals surface area contributed by atoms with Crippen molar-refractivity contribution in [2.45, 2.75) is 15.0 Å². The highest BCUT2D eigenvalue weighted by Crippen LogP contribution is 2.32. The number of thiophene rings is 1. The summed E-state index contributed by atoms with van der Waals surface area (Å²) in [7, 11) is -7.90. The molecule has 5 nitrogen and oxygen atoms in total. The monoisotopic (exact) mass is 459 g/mol. The van der Waals surface area contributed by atoms with Crippen molar-refractivity contribution in [3.05, 3.63) is 81.8 Å². The average molecular weight is 460 g/mol. The van der Waals surface area contributed by atoms with E-state index >= 15 is 0 Å². The number of hydrogen-bond acceptors (Lipinski definition) is 5. The van der Waals surface area contributed by atoms with Gasteiger partial charge >= 0.3 is 0 Å². The maximum Gasteiger partial charge on any atom is 0.240 e. The van der Waals surface area contributed by atoms with Crippen LogP contribution in [0.25, 0.3) is 0 Å². The molecule has 1 aromatic heterocycles. The van der Waals surface area contributed by atoms with Gasteiger partial charge in [-0.25, -0.2) is 25.9 Å². The minimum atomic E-state index is -3.96. The van der Waals surface area contributed by atoms with E-state index in [4.69, 9.17) is 11.6 Å². The van der Waals surface area contributed by atoms with Crippen molar-refractivity contribution < 1.29 is 21.2 Å². The molecular formula is C18H15ClFNO4S3. The van der Waals surface area contributed by atoms with Gasteiger partial charge in [0, 0.05) is 16.4 Å². The lowest BCUT2D eigenvalue weighted by Crippen LogP contribution is -2.31. The van der Waals surface area contributed by atoms with Gasteiger partial charge in [-0.15, -0.1) is 11.3 Å². The number of halogens is 2. The van der Waals surface area contributed by atoms with Crippen molar-refractivity contribution in [2.24, 2.45) is 0 Å². The number of benzene rings is 2. The zero-order valence-corrected chi connectivity index (χ0v) is 17.5. The lowest BCUT2D eigenvalue weighted by molar-refractivity contribution is 0.569. The Morgan fingerprint density at radius 2 is 1.54 bits per heavy atom. The van der Waals surface area contributed by atoms with Gasteiger partial charge in [-0.3, -0.25) is 0 Å². The van der Waals surface area contributed by atoms with Crippen LogP contribution in [0.5, 0.6) is 0 Å². The maximum absolute atomic E-state index is 13.2. The first-order chi connectivity index (χ1) is 13.2. The van der Waals surface area contributed by atoms with Crippen LogP contribution < -0.4 is 4.72 Å². The first kappa shape index (κ1) is 20.9. The molecule has 1 heterocycles. The van der Waals surface area contributed by atoms with Gasteiger partial charge in [-0.05, 0) is 60.0 Å². The van der Waals surface area contributed by atoms with Gasteiger partial charge in [0.15, 0.2) is 9.84 Å². The Morgan fingerprint density at radius 3 is 2.11 bits per heavy atom. The molecule has 1 atom stereocenters. The number of rotatable bonds is 7. The highest BCUT2D eigenvalue weighted by Gasteiger charge is 2.31. The highest BCUT2D eigenvalue weighted by atomic mass is 35.5. The summed E-state index contributed by atoms with van der Waals surface area (Å²) >= 11 is 6.97. The van der Waals surface area contributed by atoms with Crippen molar-refractivity contribution in [1.82, 2.24) is 4.72 Å². The first-order valence-electron chi connectivity index (χ1n) is 7.98. The molecule has 2 aromatic carbocycles. The molecule has 0 bridgehead atoms. The molecule has 1 N–H and O–H groups in total. The third kappa shape index (κ3) is 4.61. The Hall–Kier alpha value is -1.78. The van der Waals surface area contributed by atoms with Gasteiger partial charge in [0.2, 0.25) is 10.0 Å². The van der Waals surface area contributed by atoms with E-state index in [9.17, 15) is 21.2 Å². The van der Waals surface area contributed by atoms with Crippen LogP contribution in [0.3, 0.4) is 0 Å². The van der Waals surface area contributed by atoms with E-state index in [1.807, 2.05) is 0 Å². The van der Waals surface area contributed by atoms with Gasteiger partial charge < -0.3 is 0 Å². The summed E-state index contributed by atoms with van der Waals surface area (Å²) in [6.07, 6.45) is 0. The fraction of sp³-hybridized carbons (Fsp3) is 0.111. The molecule has 0 aliphatic heterocycles. The fourth-order valence-electron chi connectivity index (χ4n) is 2.51. The zero-order chi connectivity index (χ0) is 20.4. The first-order valence-corrected chi connectivity index (χ1v) is 12.3. The summed E-state index contributed by atoms with van der Waals surface area (Å²) in [5.74, 6) is -0.560. The highest BCUT2D eigenvalue weighted by molar-refractivity contribution is 7.92. The summed E-state index contributed by atoms with van der Waals surface area (Å²) in [6, 6.07) is 13.3. The Bertz CT molecular complexity index is 1140. The Kier molecular flexibility index (Phi) is 6.21. The molecular weight excluding hydrogens is 445 g/mol. The van der Waals surface area contributed by atoms with Gasteiger partial charge in [0.25, 0.3) is 0 Å². The van der Waals surface area contributed by atoms with Crippen LogP contribution in [0, 0.1) is 5.82 Å². The molecule has 0 saturated carbocycles. The molecule has 1 unspecified atom stereocenters. The van der Waals surface area contributed by atoms with Gasteiger partial charge in [0.1, 0.15) is 11.1 Å². The molecule has 0 amide bonds. The quantitative estimate of drug-likeness (QED) is 0.541. The van der Waals surface area contributed by atoms with Crippen molar-refractivity contribution in [3.8, 4) is 0 Å². The van der Waals surface area contributed by atoms with Crippen LogP contribution in [0.2, 0.25) is 5.02 Å². The number of hydrogen-bond donors (Lipinski definition) is 1. The van der Waals surface area contributed by atoms with Gasteiger partial charge in [-0.2, -0.15) is 0 Å². The maximum atomic E-state index is 13.2. The third-order valence-electron chi connectivity index (χ3n) is 3.96. The predicted octanol–water partition coefficient (Wildman–Crippen LogP) is 4.03. The smallest absolute Gasteiger partial charge is 0.223 e. The Labute approximate surface area is 171 Å². The van der Waals surface area contributed by atoms with Crippen molar-refractivity contribution in [3.63, 3.8) is 0 Å². The van der Waals surface area contributed by atoms with E-state index in [0.29, 0.717) is 9.90 Å². The number of nitrogens with one attached hydrogen (secondary N) is 1. The van der Waals surface area contributed by atoms with Gasteiger partial charge in [0.05, 0.1) is 9.79 Å².